The van der Waals surface area contributed by atoms with Crippen LogP contribution < -0.4 is 4.90 Å². The van der Waals surface area contributed by atoms with E-state index in [2.05, 4.69) is 46.9 Å². The van der Waals surface area contributed by atoms with Gasteiger partial charge < -0.3 is 0 Å². The Labute approximate surface area is 235 Å². The van der Waals surface area contributed by atoms with Gasteiger partial charge in [-0.05, 0) is 94.6 Å². The molecule has 1 heterocycles. The third kappa shape index (κ3) is 3.11. The first kappa shape index (κ1) is 23.5. The van der Waals surface area contributed by atoms with Crippen LogP contribution in [0.15, 0.2) is 96.0 Å². The van der Waals surface area contributed by atoms with Crippen LogP contribution in [-0.2, 0) is 15.0 Å². The van der Waals surface area contributed by atoms with Crippen LogP contribution in [-0.4, -0.2) is 18.0 Å². The van der Waals surface area contributed by atoms with Crippen molar-refractivity contribution in [3.05, 3.63) is 128 Å². The van der Waals surface area contributed by atoms with Crippen LogP contribution >= 0.6 is 22.6 Å². The summed E-state index contributed by atoms with van der Waals surface area (Å²) in [5.41, 5.74) is 7.05. The highest BCUT2D eigenvalue weighted by molar-refractivity contribution is 14.1. The molecule has 3 aliphatic carbocycles. The molecule has 0 spiro atoms. The minimum absolute atomic E-state index is 0.118. The lowest BCUT2D eigenvalue weighted by Crippen LogP contribution is -2.54. The second kappa shape index (κ2) is 8.46. The molecule has 4 aromatic carbocycles. The van der Waals surface area contributed by atoms with Crippen molar-refractivity contribution in [1.29, 1.82) is 0 Å². The smallest absolute Gasteiger partial charge is 0.239 e. The van der Waals surface area contributed by atoms with Crippen LogP contribution in [0.25, 0.3) is 0 Å². The van der Waals surface area contributed by atoms with Crippen molar-refractivity contribution in [2.24, 2.45) is 16.8 Å². The van der Waals surface area contributed by atoms with Gasteiger partial charge in [0.15, 0.2) is 0 Å². The number of rotatable bonds is 3. The molecule has 0 saturated carbocycles. The summed E-state index contributed by atoms with van der Waals surface area (Å²) >= 11 is 2.28. The molecule has 0 N–H and O–H groups in total. The van der Waals surface area contributed by atoms with E-state index < -0.39 is 17.3 Å². The molecule has 186 valence electrons. The van der Waals surface area contributed by atoms with Gasteiger partial charge in [-0.25, -0.2) is 4.90 Å². The van der Waals surface area contributed by atoms with E-state index in [-0.39, 0.29) is 17.7 Å². The Balaban J connectivity index is 1.50. The zero-order valence-electron chi connectivity index (χ0n) is 21.1. The predicted octanol–water partition coefficient (Wildman–Crippen LogP) is 6.86. The molecular formula is C33H25IN2O2. The summed E-state index contributed by atoms with van der Waals surface area (Å²) < 4.78 is 1.13. The second-order valence-corrected chi connectivity index (χ2v) is 11.8. The highest BCUT2D eigenvalue weighted by atomic mass is 127. The lowest BCUT2D eigenvalue weighted by atomic mass is 9.47. The summed E-state index contributed by atoms with van der Waals surface area (Å²) in [4.78, 5) is 35.2. The van der Waals surface area contributed by atoms with Gasteiger partial charge in [-0.2, -0.15) is 0 Å². The van der Waals surface area contributed by atoms with Gasteiger partial charge in [0.2, 0.25) is 11.8 Å². The molecule has 4 aliphatic rings. The van der Waals surface area contributed by atoms with Crippen LogP contribution in [0.2, 0.25) is 0 Å². The predicted molar refractivity (Wildman–Crippen MR) is 158 cm³/mol. The topological polar surface area (TPSA) is 49.7 Å². The van der Waals surface area contributed by atoms with E-state index in [1.807, 2.05) is 86.8 Å². The molecule has 2 bridgehead atoms. The first-order chi connectivity index (χ1) is 18.4. The van der Waals surface area contributed by atoms with Crippen molar-refractivity contribution in [2.75, 3.05) is 4.90 Å². The first-order valence-corrected chi connectivity index (χ1v) is 13.9. The van der Waals surface area contributed by atoms with E-state index in [4.69, 9.17) is 4.99 Å². The summed E-state index contributed by atoms with van der Waals surface area (Å²) in [5, 5.41) is 0. The Kier molecular flexibility index (Phi) is 5.24. The highest BCUT2D eigenvalue weighted by Gasteiger charge is 2.68. The molecule has 1 aliphatic heterocycles. The van der Waals surface area contributed by atoms with Gasteiger partial charge in [0.1, 0.15) is 0 Å². The fourth-order valence-corrected chi connectivity index (χ4v) is 7.41. The molecule has 1 fully saturated rings. The SMILES string of the molecule is Cc1ccc(N2C(=O)[C@@H]3C4c5ccccc5C(C=Nc5ccc(I)cc5)(c5ccccc54)[C@H]3C2=O)c(C)c1. The Hall–Kier alpha value is -3.58. The lowest BCUT2D eigenvalue weighted by Gasteiger charge is -2.52. The standard InChI is InChI=1S/C33H25IN2O2/c1-19-11-16-27(20(2)17-19)36-31(37)29-28-23-7-3-5-9-25(23)33(30(29)32(36)38,26-10-6-4-8-24(26)28)18-35-22-14-12-21(34)13-15-22/h3-18,28-30H,1-2H3/t28?,29-,30-,33?/m1/s1. The molecule has 0 aromatic heterocycles. The number of hydrogen-bond acceptors (Lipinski definition) is 3. The summed E-state index contributed by atoms with van der Waals surface area (Å²) in [7, 11) is 0. The number of carbonyl (C=O) groups is 2. The van der Waals surface area contributed by atoms with Crippen molar-refractivity contribution >= 4 is 52.0 Å². The molecule has 2 atom stereocenters. The second-order valence-electron chi connectivity index (χ2n) is 10.6. The van der Waals surface area contributed by atoms with Gasteiger partial charge in [0.25, 0.3) is 0 Å². The van der Waals surface area contributed by atoms with Crippen LogP contribution in [0, 0.1) is 29.3 Å². The highest BCUT2D eigenvalue weighted by Crippen LogP contribution is 2.63. The lowest BCUT2D eigenvalue weighted by molar-refractivity contribution is -0.122. The van der Waals surface area contributed by atoms with Crippen LogP contribution in [0.1, 0.15) is 39.3 Å². The molecule has 1 saturated heterocycles. The van der Waals surface area contributed by atoms with Gasteiger partial charge in [-0.15, -0.1) is 0 Å². The summed E-state index contributed by atoms with van der Waals surface area (Å²) in [6.45, 7) is 3.99. The molecule has 5 heteroatoms. The molecule has 4 nitrogen and oxygen atoms in total. The van der Waals surface area contributed by atoms with Gasteiger partial charge in [-0.3, -0.25) is 14.6 Å². The van der Waals surface area contributed by atoms with Crippen LogP contribution in [0.3, 0.4) is 0 Å². The molecule has 0 radical (unpaired) electrons. The number of nitrogens with zero attached hydrogens (tertiary/aromatic N) is 2. The van der Waals surface area contributed by atoms with Crippen molar-refractivity contribution < 1.29 is 9.59 Å². The van der Waals surface area contributed by atoms with Crippen molar-refractivity contribution in [1.82, 2.24) is 0 Å². The zero-order valence-corrected chi connectivity index (χ0v) is 23.2. The van der Waals surface area contributed by atoms with Gasteiger partial charge in [0, 0.05) is 15.7 Å². The van der Waals surface area contributed by atoms with Crippen molar-refractivity contribution in [2.45, 2.75) is 25.2 Å². The number of imide groups is 1. The zero-order chi connectivity index (χ0) is 26.2. The molecule has 0 unspecified atom stereocenters. The summed E-state index contributed by atoms with van der Waals surface area (Å²) in [6.07, 6.45) is 1.95. The maximum atomic E-state index is 14.5. The number of amides is 2. The van der Waals surface area contributed by atoms with E-state index in [1.54, 1.807) is 0 Å². The number of carbonyl (C=O) groups excluding carboxylic acids is 2. The van der Waals surface area contributed by atoms with Gasteiger partial charge in [0.05, 0.1) is 28.6 Å². The fourth-order valence-electron chi connectivity index (χ4n) is 7.05. The maximum Gasteiger partial charge on any atom is 0.239 e. The molecular weight excluding hydrogens is 583 g/mol. The van der Waals surface area contributed by atoms with Gasteiger partial charge in [-0.1, -0.05) is 66.2 Å². The maximum absolute atomic E-state index is 14.5. The number of halogens is 1. The fraction of sp³-hybridized carbons (Fsp3) is 0.182. The Morgan fingerprint density at radius 1 is 0.816 bits per heavy atom. The summed E-state index contributed by atoms with van der Waals surface area (Å²) in [5.74, 6) is -1.49. The Morgan fingerprint density at radius 3 is 2.08 bits per heavy atom. The quantitative estimate of drug-likeness (QED) is 0.145. The third-order valence-electron chi connectivity index (χ3n) is 8.52. The van der Waals surface area contributed by atoms with Crippen molar-refractivity contribution in [3.63, 3.8) is 0 Å². The van der Waals surface area contributed by atoms with E-state index in [9.17, 15) is 9.59 Å². The first-order valence-electron chi connectivity index (χ1n) is 12.9. The largest absolute Gasteiger partial charge is 0.274 e. The van der Waals surface area contributed by atoms with Crippen LogP contribution in [0.5, 0.6) is 0 Å². The Bertz CT molecular complexity index is 1630. The van der Waals surface area contributed by atoms with Crippen molar-refractivity contribution in [3.8, 4) is 0 Å². The number of anilines is 1. The van der Waals surface area contributed by atoms with Gasteiger partial charge >= 0.3 is 0 Å². The summed E-state index contributed by atoms with van der Waals surface area (Å²) in [6, 6.07) is 30.5. The molecule has 4 aromatic rings. The minimum atomic E-state index is -0.851. The molecule has 2 amide bonds. The van der Waals surface area contributed by atoms with E-state index in [0.717, 1.165) is 42.6 Å². The normalized spacial score (nSPS) is 25.0. The number of aryl methyl sites for hydroxylation is 2. The molecule has 38 heavy (non-hydrogen) atoms. The molecule has 8 rings (SSSR count). The minimum Gasteiger partial charge on any atom is -0.274 e. The number of benzene rings is 4. The third-order valence-corrected chi connectivity index (χ3v) is 9.24. The number of aliphatic imine (C=N–C) groups is 1. The monoisotopic (exact) mass is 608 g/mol. The number of hydrogen-bond donors (Lipinski definition) is 0. The average Bonchev–Trinajstić information content (AvgIpc) is 3.19. The Morgan fingerprint density at radius 2 is 1.45 bits per heavy atom. The van der Waals surface area contributed by atoms with Crippen LogP contribution in [0.4, 0.5) is 11.4 Å². The van der Waals surface area contributed by atoms with E-state index in [1.165, 1.54) is 4.90 Å². The van der Waals surface area contributed by atoms with E-state index >= 15 is 0 Å². The average molecular weight is 608 g/mol. The van der Waals surface area contributed by atoms with E-state index in [0.29, 0.717) is 5.69 Å².